The van der Waals surface area contributed by atoms with E-state index in [1.165, 1.54) is 0 Å². The Hall–Kier alpha value is -3.00. The van der Waals surface area contributed by atoms with Crippen LogP contribution in [0.2, 0.25) is 0 Å². The molecule has 0 fully saturated rings. The Kier molecular flexibility index (Phi) is 6.99. The van der Waals surface area contributed by atoms with Crippen molar-refractivity contribution in [2.24, 2.45) is 11.8 Å². The molecule has 0 aliphatic heterocycles. The maximum Gasteiger partial charge on any atom is 0.165 e. The van der Waals surface area contributed by atoms with E-state index in [0.29, 0.717) is 0 Å². The van der Waals surface area contributed by atoms with Crippen LogP contribution in [0.3, 0.4) is 0 Å². The number of Topliss-reactive ketones (excluding diaryl/α,β-unsaturated/α-hetero) is 2. The fraction of sp³-hybridized carbons (Fsp3) is 0.286. The van der Waals surface area contributed by atoms with Crippen molar-refractivity contribution in [2.45, 2.75) is 40.5 Å². The van der Waals surface area contributed by atoms with Crippen LogP contribution >= 0.6 is 0 Å². The van der Waals surface area contributed by atoms with Gasteiger partial charge in [-0.3, -0.25) is 9.59 Å². The van der Waals surface area contributed by atoms with Gasteiger partial charge in [-0.25, -0.2) is 0 Å². The quantitative estimate of drug-likeness (QED) is 0.369. The third kappa shape index (κ3) is 4.76. The normalized spacial score (nSPS) is 12.9. The molecule has 0 bridgehead atoms. The summed E-state index contributed by atoms with van der Waals surface area (Å²) in [5.41, 5.74) is 5.97. The molecule has 0 N–H and O–H groups in total. The molecule has 3 aromatic carbocycles. The Labute approximate surface area is 180 Å². The molecule has 0 amide bonds. The van der Waals surface area contributed by atoms with Gasteiger partial charge < -0.3 is 0 Å². The molecule has 0 spiro atoms. The maximum absolute atomic E-state index is 12.3. The van der Waals surface area contributed by atoms with Gasteiger partial charge in [-0.2, -0.15) is 0 Å². The lowest BCUT2D eigenvalue weighted by Gasteiger charge is -2.10. The summed E-state index contributed by atoms with van der Waals surface area (Å²) < 4.78 is 0. The number of hydrogen-bond donors (Lipinski definition) is 0. The van der Waals surface area contributed by atoms with Crippen molar-refractivity contribution in [3.05, 3.63) is 83.9 Å². The Morgan fingerprint density at radius 3 is 1.00 bits per heavy atom. The SMILES string of the molecule is CCC(C)C(=O)c1ccc(-c2ccc(-c3ccc(C(=O)C(C)CC)cc3)cc2)cc1. The Balaban J connectivity index is 1.75. The van der Waals surface area contributed by atoms with Crippen molar-refractivity contribution in [1.82, 2.24) is 0 Å². The van der Waals surface area contributed by atoms with E-state index in [1.807, 2.05) is 76.2 Å². The van der Waals surface area contributed by atoms with Crippen LogP contribution in [0.1, 0.15) is 61.3 Å². The summed E-state index contributed by atoms with van der Waals surface area (Å²) in [6.45, 7) is 8.02. The number of rotatable bonds is 8. The van der Waals surface area contributed by atoms with Gasteiger partial charge in [-0.1, -0.05) is 100 Å². The van der Waals surface area contributed by atoms with Crippen molar-refractivity contribution in [3.8, 4) is 22.3 Å². The Morgan fingerprint density at radius 2 is 0.767 bits per heavy atom. The van der Waals surface area contributed by atoms with E-state index in [-0.39, 0.29) is 23.4 Å². The fourth-order valence-corrected chi connectivity index (χ4v) is 3.45. The molecule has 0 radical (unpaired) electrons. The van der Waals surface area contributed by atoms with Gasteiger partial charge in [0.2, 0.25) is 0 Å². The van der Waals surface area contributed by atoms with E-state index in [9.17, 15) is 9.59 Å². The van der Waals surface area contributed by atoms with Crippen LogP contribution < -0.4 is 0 Å². The largest absolute Gasteiger partial charge is 0.294 e. The molecule has 3 aromatic rings. The first-order chi connectivity index (χ1) is 14.4. The van der Waals surface area contributed by atoms with Crippen molar-refractivity contribution < 1.29 is 9.59 Å². The lowest BCUT2D eigenvalue weighted by molar-refractivity contribution is 0.0920. The van der Waals surface area contributed by atoms with Crippen LogP contribution in [0.25, 0.3) is 22.3 Å². The van der Waals surface area contributed by atoms with Crippen LogP contribution in [0.4, 0.5) is 0 Å². The number of ketones is 2. The first kappa shape index (κ1) is 21.7. The number of carbonyl (C=O) groups is 2. The lowest BCUT2D eigenvalue weighted by Crippen LogP contribution is -2.09. The highest BCUT2D eigenvalue weighted by Gasteiger charge is 2.14. The van der Waals surface area contributed by atoms with Gasteiger partial charge >= 0.3 is 0 Å². The molecule has 0 saturated heterocycles. The molecular formula is C28H30O2. The molecule has 2 unspecified atom stereocenters. The second kappa shape index (κ2) is 9.67. The first-order valence-corrected chi connectivity index (χ1v) is 10.8. The lowest BCUT2D eigenvalue weighted by atomic mass is 9.94. The van der Waals surface area contributed by atoms with E-state index < -0.39 is 0 Å². The second-order valence-corrected chi connectivity index (χ2v) is 8.08. The van der Waals surface area contributed by atoms with Gasteiger partial charge in [-0.05, 0) is 35.1 Å². The van der Waals surface area contributed by atoms with Gasteiger partial charge in [0.05, 0.1) is 0 Å². The zero-order chi connectivity index (χ0) is 21.7. The molecule has 0 saturated carbocycles. The van der Waals surface area contributed by atoms with Crippen LogP contribution in [-0.4, -0.2) is 11.6 Å². The van der Waals surface area contributed by atoms with Gasteiger partial charge in [0.15, 0.2) is 11.6 Å². The highest BCUT2D eigenvalue weighted by Crippen LogP contribution is 2.26. The van der Waals surface area contributed by atoms with Crippen molar-refractivity contribution >= 4 is 11.6 Å². The topological polar surface area (TPSA) is 34.1 Å². The predicted molar refractivity (Wildman–Crippen MR) is 125 cm³/mol. The van der Waals surface area contributed by atoms with Crippen LogP contribution in [0.15, 0.2) is 72.8 Å². The zero-order valence-corrected chi connectivity index (χ0v) is 18.3. The molecule has 2 nitrogen and oxygen atoms in total. The van der Waals surface area contributed by atoms with E-state index in [4.69, 9.17) is 0 Å². The molecule has 3 rings (SSSR count). The number of carbonyl (C=O) groups excluding carboxylic acids is 2. The Bertz CT molecular complexity index is 912. The molecule has 2 heteroatoms. The van der Waals surface area contributed by atoms with E-state index >= 15 is 0 Å². The monoisotopic (exact) mass is 398 g/mol. The standard InChI is InChI=1S/C28H30O2/c1-5-19(3)27(29)25-15-11-23(12-16-25)21-7-9-22(10-8-21)24-13-17-26(18-14-24)28(30)20(4)6-2/h7-20H,5-6H2,1-4H3. The Morgan fingerprint density at radius 1 is 0.533 bits per heavy atom. The second-order valence-electron chi connectivity index (χ2n) is 8.08. The fourth-order valence-electron chi connectivity index (χ4n) is 3.45. The van der Waals surface area contributed by atoms with E-state index in [1.54, 1.807) is 0 Å². The molecule has 154 valence electrons. The van der Waals surface area contributed by atoms with Crippen LogP contribution in [0.5, 0.6) is 0 Å². The highest BCUT2D eigenvalue weighted by atomic mass is 16.1. The molecule has 0 heterocycles. The summed E-state index contributed by atoms with van der Waals surface area (Å²) in [5.74, 6) is 0.522. The minimum absolute atomic E-state index is 0.0574. The predicted octanol–water partition coefficient (Wildman–Crippen LogP) is 7.48. The summed E-state index contributed by atoms with van der Waals surface area (Å²) in [5, 5.41) is 0. The third-order valence-electron chi connectivity index (χ3n) is 6.01. The summed E-state index contributed by atoms with van der Waals surface area (Å²) in [6.07, 6.45) is 1.71. The van der Waals surface area contributed by atoms with Gasteiger partial charge in [0.25, 0.3) is 0 Å². The molecule has 0 aromatic heterocycles. The molecule has 30 heavy (non-hydrogen) atoms. The van der Waals surface area contributed by atoms with E-state index in [2.05, 4.69) is 24.3 Å². The molecule has 2 atom stereocenters. The third-order valence-corrected chi connectivity index (χ3v) is 6.01. The minimum atomic E-state index is 0.0574. The molecular weight excluding hydrogens is 368 g/mol. The highest BCUT2D eigenvalue weighted by molar-refractivity contribution is 5.98. The number of hydrogen-bond acceptors (Lipinski definition) is 2. The van der Waals surface area contributed by atoms with Gasteiger partial charge in [0, 0.05) is 23.0 Å². The molecule has 0 aliphatic carbocycles. The van der Waals surface area contributed by atoms with E-state index in [0.717, 1.165) is 46.2 Å². The van der Waals surface area contributed by atoms with Crippen LogP contribution in [0, 0.1) is 11.8 Å². The summed E-state index contributed by atoms with van der Waals surface area (Å²) >= 11 is 0. The minimum Gasteiger partial charge on any atom is -0.294 e. The average Bonchev–Trinajstić information content (AvgIpc) is 2.82. The maximum atomic E-state index is 12.3. The van der Waals surface area contributed by atoms with Crippen molar-refractivity contribution in [3.63, 3.8) is 0 Å². The first-order valence-electron chi connectivity index (χ1n) is 10.8. The average molecular weight is 399 g/mol. The molecule has 0 aliphatic rings. The van der Waals surface area contributed by atoms with Crippen LogP contribution in [-0.2, 0) is 0 Å². The summed E-state index contributed by atoms with van der Waals surface area (Å²) in [7, 11) is 0. The smallest absolute Gasteiger partial charge is 0.165 e. The van der Waals surface area contributed by atoms with Gasteiger partial charge in [-0.15, -0.1) is 0 Å². The summed E-state index contributed by atoms with van der Waals surface area (Å²) in [4.78, 5) is 24.6. The van der Waals surface area contributed by atoms with Crippen molar-refractivity contribution in [2.75, 3.05) is 0 Å². The zero-order valence-electron chi connectivity index (χ0n) is 18.3. The van der Waals surface area contributed by atoms with Crippen molar-refractivity contribution in [1.29, 1.82) is 0 Å². The summed E-state index contributed by atoms with van der Waals surface area (Å²) in [6, 6.07) is 24.1. The number of benzene rings is 3. The van der Waals surface area contributed by atoms with Gasteiger partial charge in [0.1, 0.15) is 0 Å².